The Morgan fingerprint density at radius 2 is 1.83 bits per heavy atom. The first-order valence-electron chi connectivity index (χ1n) is 11.2. The molecule has 6 nitrogen and oxygen atoms in total. The van der Waals surface area contributed by atoms with Crippen LogP contribution < -0.4 is 10.6 Å². The first-order valence-corrected chi connectivity index (χ1v) is 11.6. The van der Waals surface area contributed by atoms with Crippen molar-refractivity contribution in [2.45, 2.75) is 12.5 Å². The van der Waals surface area contributed by atoms with Gasteiger partial charge in [-0.15, -0.1) is 0 Å². The van der Waals surface area contributed by atoms with E-state index in [-0.39, 0.29) is 28.9 Å². The molecule has 0 aliphatic carbocycles. The van der Waals surface area contributed by atoms with Crippen molar-refractivity contribution in [1.82, 2.24) is 15.6 Å². The summed E-state index contributed by atoms with van der Waals surface area (Å²) in [5.74, 6) is 4.98. The highest BCUT2D eigenvalue weighted by Crippen LogP contribution is 2.22. The Balaban J connectivity index is 1.51. The van der Waals surface area contributed by atoms with Crippen LogP contribution in [0.5, 0.6) is 0 Å². The van der Waals surface area contributed by atoms with Crippen molar-refractivity contribution < 1.29 is 19.1 Å². The zero-order chi connectivity index (χ0) is 25.7. The Labute approximate surface area is 212 Å². The Hall–Kier alpha value is -4.12. The van der Waals surface area contributed by atoms with Gasteiger partial charge in [-0.1, -0.05) is 29.5 Å². The van der Waals surface area contributed by atoms with E-state index in [0.29, 0.717) is 28.6 Å². The third-order valence-electron chi connectivity index (χ3n) is 5.67. The molecule has 0 aliphatic heterocycles. The van der Waals surface area contributed by atoms with Gasteiger partial charge in [0.2, 0.25) is 0 Å². The number of hydrogen-bond acceptors (Lipinski definition) is 3. The molecule has 4 rings (SSSR count). The van der Waals surface area contributed by atoms with Gasteiger partial charge >= 0.3 is 0 Å². The van der Waals surface area contributed by atoms with Gasteiger partial charge in [-0.05, 0) is 66.6 Å². The van der Waals surface area contributed by atoms with Crippen LogP contribution in [0.2, 0.25) is 5.02 Å². The molecule has 0 saturated heterocycles. The number of rotatable bonds is 6. The van der Waals surface area contributed by atoms with Crippen LogP contribution in [0, 0.1) is 17.7 Å². The zero-order valence-corrected chi connectivity index (χ0v) is 20.1. The molecule has 0 fully saturated rings. The Morgan fingerprint density at radius 1 is 1.06 bits per heavy atom. The summed E-state index contributed by atoms with van der Waals surface area (Å²) in [7, 11) is 1.56. The average molecular weight is 504 g/mol. The fourth-order valence-corrected chi connectivity index (χ4v) is 4.02. The first kappa shape index (κ1) is 25.0. The molecule has 0 aliphatic rings. The lowest BCUT2D eigenvalue weighted by atomic mass is 10.0. The number of aliphatic hydroxyl groups is 1. The number of aliphatic hydroxyl groups excluding tert-OH is 1. The lowest BCUT2D eigenvalue weighted by molar-refractivity contribution is 0.0915. The van der Waals surface area contributed by atoms with E-state index in [1.165, 1.54) is 12.1 Å². The third-order valence-corrected chi connectivity index (χ3v) is 5.99. The highest BCUT2D eigenvalue weighted by Gasteiger charge is 2.18. The van der Waals surface area contributed by atoms with E-state index in [1.807, 2.05) is 0 Å². The number of aromatic nitrogens is 1. The van der Waals surface area contributed by atoms with Gasteiger partial charge in [-0.25, -0.2) is 4.39 Å². The van der Waals surface area contributed by atoms with Crippen LogP contribution in [0.15, 0.2) is 66.9 Å². The molecule has 1 unspecified atom stereocenters. The first-order chi connectivity index (χ1) is 17.4. The smallest absolute Gasteiger partial charge is 0.253 e. The molecular formula is C28H23ClFN3O3. The van der Waals surface area contributed by atoms with E-state index >= 15 is 0 Å². The minimum absolute atomic E-state index is 0.206. The lowest BCUT2D eigenvalue weighted by Gasteiger charge is -2.17. The lowest BCUT2D eigenvalue weighted by Crippen LogP contribution is -2.39. The number of halogens is 2. The fraction of sp³-hybridized carbons (Fsp3) is 0.143. The summed E-state index contributed by atoms with van der Waals surface area (Å²) in [5, 5.41) is 16.3. The van der Waals surface area contributed by atoms with E-state index in [0.717, 1.165) is 10.9 Å². The number of amides is 2. The predicted molar refractivity (Wildman–Crippen MR) is 138 cm³/mol. The molecular weight excluding hydrogens is 481 g/mol. The normalized spacial score (nSPS) is 11.4. The Bertz CT molecular complexity index is 1500. The Morgan fingerprint density at radius 3 is 2.58 bits per heavy atom. The maximum atomic E-state index is 13.5. The second kappa shape index (κ2) is 11.1. The monoisotopic (exact) mass is 503 g/mol. The van der Waals surface area contributed by atoms with E-state index < -0.39 is 11.9 Å². The van der Waals surface area contributed by atoms with Gasteiger partial charge in [0.1, 0.15) is 5.82 Å². The minimum Gasteiger partial charge on any atom is -0.394 e. The molecule has 36 heavy (non-hydrogen) atoms. The van der Waals surface area contributed by atoms with Gasteiger partial charge in [-0.3, -0.25) is 9.59 Å². The molecule has 4 aromatic rings. The largest absolute Gasteiger partial charge is 0.394 e. The van der Waals surface area contributed by atoms with Crippen molar-refractivity contribution in [3.8, 4) is 11.8 Å². The third kappa shape index (κ3) is 5.74. The Kier molecular flexibility index (Phi) is 7.69. The fourth-order valence-electron chi connectivity index (χ4n) is 3.82. The van der Waals surface area contributed by atoms with Crippen LogP contribution in [0.25, 0.3) is 10.9 Å². The number of nitrogens with one attached hydrogen (secondary N) is 3. The predicted octanol–water partition coefficient (Wildman–Crippen LogP) is 4.05. The van der Waals surface area contributed by atoms with Crippen LogP contribution in [-0.4, -0.2) is 41.6 Å². The summed E-state index contributed by atoms with van der Waals surface area (Å²) in [6, 6.07) is 15.6. The molecule has 0 bridgehead atoms. The second-order valence-electron chi connectivity index (χ2n) is 8.17. The van der Waals surface area contributed by atoms with Crippen molar-refractivity contribution in [2.24, 2.45) is 0 Å². The molecule has 8 heteroatoms. The molecule has 1 aromatic heterocycles. The number of carbonyl (C=O) groups excluding carboxylic acids is 2. The van der Waals surface area contributed by atoms with Crippen LogP contribution in [0.1, 0.15) is 37.4 Å². The quantitative estimate of drug-likeness (QED) is 0.299. The topological polar surface area (TPSA) is 94.2 Å². The number of H-pyrrole nitrogens is 1. The van der Waals surface area contributed by atoms with Gasteiger partial charge in [0.05, 0.1) is 23.2 Å². The van der Waals surface area contributed by atoms with Crippen molar-refractivity contribution >= 4 is 34.3 Å². The van der Waals surface area contributed by atoms with E-state index in [2.05, 4.69) is 27.5 Å². The standard InChI is InChI=1S/C28H23ClFN3O3/c1-31-27(35)19-4-2-3-17(11-19)5-6-18-7-10-25(29)24(12-18)28(36)33-22(16-34)13-20-15-32-26-14-21(30)8-9-23(20)26/h2-4,7-12,14-15,22,32,34H,13,16H2,1H3,(H,31,35)(H,33,36). The maximum absolute atomic E-state index is 13.5. The van der Waals surface area contributed by atoms with Crippen LogP contribution in [0.3, 0.4) is 0 Å². The number of benzene rings is 3. The van der Waals surface area contributed by atoms with Gasteiger partial charge in [0.15, 0.2) is 0 Å². The van der Waals surface area contributed by atoms with E-state index in [4.69, 9.17) is 11.6 Å². The number of hydrogen-bond donors (Lipinski definition) is 4. The molecule has 3 aromatic carbocycles. The zero-order valence-electron chi connectivity index (χ0n) is 19.4. The second-order valence-corrected chi connectivity index (χ2v) is 8.57. The van der Waals surface area contributed by atoms with Crippen molar-refractivity contribution in [3.63, 3.8) is 0 Å². The highest BCUT2D eigenvalue weighted by molar-refractivity contribution is 6.33. The molecule has 1 atom stereocenters. The number of aromatic amines is 1. The average Bonchev–Trinajstić information content (AvgIpc) is 3.28. The molecule has 1 heterocycles. The van der Waals surface area contributed by atoms with Crippen LogP contribution in [-0.2, 0) is 6.42 Å². The summed E-state index contributed by atoms with van der Waals surface area (Å²) in [4.78, 5) is 27.8. The SMILES string of the molecule is CNC(=O)c1cccc(C#Cc2ccc(Cl)c(C(=O)NC(CO)Cc3c[nH]c4cc(F)ccc34)c2)c1. The summed E-state index contributed by atoms with van der Waals surface area (Å²) in [5.41, 5.74) is 3.42. The van der Waals surface area contributed by atoms with Crippen LogP contribution >= 0.6 is 11.6 Å². The van der Waals surface area contributed by atoms with Gasteiger partial charge in [0.25, 0.3) is 11.8 Å². The van der Waals surface area contributed by atoms with Crippen LogP contribution in [0.4, 0.5) is 4.39 Å². The highest BCUT2D eigenvalue weighted by atomic mass is 35.5. The number of carbonyl (C=O) groups is 2. The summed E-state index contributed by atoms with van der Waals surface area (Å²) >= 11 is 6.29. The molecule has 0 radical (unpaired) electrons. The minimum atomic E-state index is -0.584. The van der Waals surface area contributed by atoms with E-state index in [9.17, 15) is 19.1 Å². The molecule has 2 amide bonds. The maximum Gasteiger partial charge on any atom is 0.253 e. The van der Waals surface area contributed by atoms with Crippen molar-refractivity contribution in [3.05, 3.63) is 106 Å². The summed E-state index contributed by atoms with van der Waals surface area (Å²) < 4.78 is 13.5. The number of fused-ring (bicyclic) bond motifs is 1. The summed E-state index contributed by atoms with van der Waals surface area (Å²) in [6.07, 6.45) is 2.08. The van der Waals surface area contributed by atoms with Gasteiger partial charge in [0, 0.05) is 40.8 Å². The molecule has 0 saturated carbocycles. The summed E-state index contributed by atoms with van der Waals surface area (Å²) in [6.45, 7) is -0.293. The molecule has 4 N–H and O–H groups in total. The van der Waals surface area contributed by atoms with Gasteiger partial charge in [-0.2, -0.15) is 0 Å². The van der Waals surface area contributed by atoms with E-state index in [1.54, 1.807) is 61.8 Å². The van der Waals surface area contributed by atoms with Crippen molar-refractivity contribution in [2.75, 3.05) is 13.7 Å². The molecule has 182 valence electrons. The van der Waals surface area contributed by atoms with Crippen molar-refractivity contribution in [1.29, 1.82) is 0 Å². The van der Waals surface area contributed by atoms with Gasteiger partial charge < -0.3 is 20.7 Å². The molecule has 0 spiro atoms.